The first-order chi connectivity index (χ1) is 11.0. The molecule has 23 heavy (non-hydrogen) atoms. The number of carbonyl (C=O) groups excluding carboxylic acids is 1. The zero-order valence-corrected chi connectivity index (χ0v) is 13.4. The van der Waals surface area contributed by atoms with Crippen molar-refractivity contribution in [1.82, 2.24) is 0 Å². The van der Waals surface area contributed by atoms with E-state index in [2.05, 4.69) is 10.6 Å². The molecule has 5 nitrogen and oxygen atoms in total. The summed E-state index contributed by atoms with van der Waals surface area (Å²) in [4.78, 5) is 11.9. The molecule has 0 aromatic heterocycles. The highest BCUT2D eigenvalue weighted by Crippen LogP contribution is 2.29. The number of ether oxygens (including phenoxy) is 2. The molecule has 2 aromatic rings. The molecule has 0 aliphatic heterocycles. The molecule has 0 atom stereocenters. The number of rotatable bonds is 6. The molecule has 0 spiro atoms. The fourth-order valence-corrected chi connectivity index (χ4v) is 2.09. The highest BCUT2D eigenvalue weighted by atomic mass is 35.5. The van der Waals surface area contributed by atoms with Crippen LogP contribution < -0.4 is 20.1 Å². The van der Waals surface area contributed by atoms with E-state index in [9.17, 15) is 9.18 Å². The lowest BCUT2D eigenvalue weighted by Gasteiger charge is -2.11. The van der Waals surface area contributed by atoms with Crippen molar-refractivity contribution in [2.24, 2.45) is 0 Å². The molecule has 1 amide bonds. The summed E-state index contributed by atoms with van der Waals surface area (Å²) in [6.45, 7) is 0.0102. The molecule has 0 unspecified atom stereocenters. The Hall–Kier alpha value is -2.47. The van der Waals surface area contributed by atoms with Gasteiger partial charge in [0.1, 0.15) is 5.82 Å². The number of carbonyl (C=O) groups is 1. The lowest BCUT2D eigenvalue weighted by molar-refractivity contribution is -0.114. The van der Waals surface area contributed by atoms with E-state index >= 15 is 0 Å². The highest BCUT2D eigenvalue weighted by molar-refractivity contribution is 6.31. The summed E-state index contributed by atoms with van der Waals surface area (Å²) < 4.78 is 23.4. The van der Waals surface area contributed by atoms with Crippen molar-refractivity contribution in [2.45, 2.75) is 0 Å². The van der Waals surface area contributed by atoms with E-state index in [0.29, 0.717) is 22.9 Å². The third kappa shape index (κ3) is 4.50. The fourth-order valence-electron chi connectivity index (χ4n) is 1.91. The minimum absolute atomic E-state index is 0.00435. The van der Waals surface area contributed by atoms with Gasteiger partial charge in [-0.05, 0) is 30.3 Å². The maximum absolute atomic E-state index is 13.1. The van der Waals surface area contributed by atoms with Gasteiger partial charge in [-0.1, -0.05) is 11.6 Å². The molecule has 2 N–H and O–H groups in total. The highest BCUT2D eigenvalue weighted by Gasteiger charge is 2.08. The molecule has 122 valence electrons. The molecule has 0 fully saturated rings. The second kappa shape index (κ2) is 7.69. The van der Waals surface area contributed by atoms with Crippen LogP contribution in [0.15, 0.2) is 36.4 Å². The van der Waals surface area contributed by atoms with Crippen molar-refractivity contribution in [3.05, 3.63) is 47.2 Å². The van der Waals surface area contributed by atoms with Gasteiger partial charge < -0.3 is 20.1 Å². The number of nitrogens with one attached hydrogen (secondary N) is 2. The number of benzene rings is 2. The lowest BCUT2D eigenvalue weighted by Crippen LogP contribution is -2.21. The van der Waals surface area contributed by atoms with E-state index < -0.39 is 5.82 Å². The van der Waals surface area contributed by atoms with Gasteiger partial charge in [0.05, 0.1) is 25.8 Å². The Bertz CT molecular complexity index is 710. The van der Waals surface area contributed by atoms with Gasteiger partial charge in [-0.3, -0.25) is 4.79 Å². The summed E-state index contributed by atoms with van der Waals surface area (Å²) in [6, 6.07) is 9.21. The molecule has 2 rings (SSSR count). The average molecular weight is 339 g/mol. The Morgan fingerprint density at radius 2 is 1.78 bits per heavy atom. The molecular weight excluding hydrogens is 323 g/mol. The summed E-state index contributed by atoms with van der Waals surface area (Å²) in [5, 5.41) is 5.58. The van der Waals surface area contributed by atoms with Crippen molar-refractivity contribution >= 4 is 28.9 Å². The summed E-state index contributed by atoms with van der Waals surface area (Å²) in [5.41, 5.74) is 1.13. The van der Waals surface area contributed by atoms with Crippen LogP contribution in [0.3, 0.4) is 0 Å². The number of hydrogen-bond donors (Lipinski definition) is 2. The van der Waals surface area contributed by atoms with Crippen molar-refractivity contribution in [3.63, 3.8) is 0 Å². The number of amides is 1. The number of halogens is 2. The van der Waals surface area contributed by atoms with E-state index in [1.165, 1.54) is 32.4 Å². The molecular formula is C16H16ClFN2O3. The van der Waals surface area contributed by atoms with Crippen LogP contribution in [0.25, 0.3) is 0 Å². The molecule has 2 aromatic carbocycles. The predicted molar refractivity (Wildman–Crippen MR) is 88.1 cm³/mol. The van der Waals surface area contributed by atoms with Crippen molar-refractivity contribution in [3.8, 4) is 11.5 Å². The van der Waals surface area contributed by atoms with Gasteiger partial charge in [0, 0.05) is 17.4 Å². The molecule has 0 bridgehead atoms. The van der Waals surface area contributed by atoms with Gasteiger partial charge >= 0.3 is 0 Å². The normalized spacial score (nSPS) is 10.1. The zero-order valence-electron chi connectivity index (χ0n) is 12.7. The molecule has 0 aliphatic rings. The Kier molecular flexibility index (Phi) is 5.65. The van der Waals surface area contributed by atoms with Crippen LogP contribution in [0.5, 0.6) is 11.5 Å². The molecule has 0 heterocycles. The van der Waals surface area contributed by atoms with Crippen molar-refractivity contribution in [2.75, 3.05) is 31.4 Å². The van der Waals surface area contributed by atoms with E-state index in [1.54, 1.807) is 18.2 Å². The van der Waals surface area contributed by atoms with Gasteiger partial charge in [0.15, 0.2) is 11.5 Å². The Morgan fingerprint density at radius 1 is 1.09 bits per heavy atom. The van der Waals surface area contributed by atoms with Crippen LogP contribution in [0, 0.1) is 5.82 Å². The molecule has 7 heteroatoms. The summed E-state index contributed by atoms with van der Waals surface area (Å²) in [7, 11) is 3.05. The smallest absolute Gasteiger partial charge is 0.243 e. The second-order valence-electron chi connectivity index (χ2n) is 4.60. The van der Waals surface area contributed by atoms with Crippen LogP contribution in [0.1, 0.15) is 0 Å². The van der Waals surface area contributed by atoms with E-state index in [-0.39, 0.29) is 17.5 Å². The summed E-state index contributed by atoms with van der Waals surface area (Å²) in [6.07, 6.45) is 0. The van der Waals surface area contributed by atoms with Crippen LogP contribution in [-0.2, 0) is 4.79 Å². The summed E-state index contributed by atoms with van der Waals surface area (Å²) >= 11 is 5.68. The van der Waals surface area contributed by atoms with E-state index in [1.807, 2.05) is 0 Å². The van der Waals surface area contributed by atoms with E-state index in [0.717, 1.165) is 0 Å². The minimum Gasteiger partial charge on any atom is -0.493 e. The Balaban J connectivity index is 1.95. The molecule has 0 saturated heterocycles. The first kappa shape index (κ1) is 16.9. The quantitative estimate of drug-likeness (QED) is 0.845. The number of methoxy groups -OCH3 is 2. The fraction of sp³-hybridized carbons (Fsp3) is 0.188. The van der Waals surface area contributed by atoms with Crippen molar-refractivity contribution in [1.29, 1.82) is 0 Å². The van der Waals surface area contributed by atoms with Crippen LogP contribution >= 0.6 is 11.6 Å². The van der Waals surface area contributed by atoms with Crippen LogP contribution in [-0.4, -0.2) is 26.7 Å². The van der Waals surface area contributed by atoms with Crippen LogP contribution in [0.4, 0.5) is 15.8 Å². The Morgan fingerprint density at radius 3 is 2.43 bits per heavy atom. The predicted octanol–water partition coefficient (Wildman–Crippen LogP) is 3.55. The first-order valence-corrected chi connectivity index (χ1v) is 7.12. The topological polar surface area (TPSA) is 59.6 Å². The third-order valence-corrected chi connectivity index (χ3v) is 3.33. The van der Waals surface area contributed by atoms with E-state index in [4.69, 9.17) is 21.1 Å². The maximum Gasteiger partial charge on any atom is 0.243 e. The van der Waals surface area contributed by atoms with Gasteiger partial charge in [-0.25, -0.2) is 4.39 Å². The minimum atomic E-state index is -0.507. The molecule has 0 aliphatic carbocycles. The number of anilines is 2. The van der Waals surface area contributed by atoms with Crippen LogP contribution in [0.2, 0.25) is 5.02 Å². The maximum atomic E-state index is 13.1. The SMILES string of the molecule is COc1ccc(NC(=O)CNc2ccc(F)c(Cl)c2)cc1OC. The summed E-state index contributed by atoms with van der Waals surface area (Å²) in [5.74, 6) is 0.317. The number of hydrogen-bond acceptors (Lipinski definition) is 4. The van der Waals surface area contributed by atoms with Gasteiger partial charge in [-0.2, -0.15) is 0 Å². The standard InChI is InChI=1S/C16H16ClFN2O3/c1-22-14-6-4-11(8-15(14)23-2)20-16(21)9-19-10-3-5-13(18)12(17)7-10/h3-8,19H,9H2,1-2H3,(H,20,21). The monoisotopic (exact) mass is 338 g/mol. The van der Waals surface area contributed by atoms with Gasteiger partial charge in [0.2, 0.25) is 5.91 Å². The molecule has 0 radical (unpaired) electrons. The lowest BCUT2D eigenvalue weighted by atomic mass is 10.2. The van der Waals surface area contributed by atoms with Crippen molar-refractivity contribution < 1.29 is 18.7 Å². The average Bonchev–Trinajstić information content (AvgIpc) is 2.55. The zero-order chi connectivity index (χ0) is 16.8. The second-order valence-corrected chi connectivity index (χ2v) is 5.01. The third-order valence-electron chi connectivity index (χ3n) is 3.04. The largest absolute Gasteiger partial charge is 0.493 e. The van der Waals surface area contributed by atoms with Gasteiger partial charge in [-0.15, -0.1) is 0 Å². The molecule has 0 saturated carbocycles. The Labute approximate surface area is 138 Å². The van der Waals surface area contributed by atoms with Gasteiger partial charge in [0.25, 0.3) is 0 Å². The first-order valence-electron chi connectivity index (χ1n) is 6.74.